The molecule has 3 unspecified atom stereocenters. The van der Waals surface area contributed by atoms with E-state index in [1.807, 2.05) is 13.8 Å². The van der Waals surface area contributed by atoms with E-state index < -0.39 is 0 Å². The highest BCUT2D eigenvalue weighted by Gasteiger charge is 2.16. The second-order valence-corrected chi connectivity index (χ2v) is 4.72. The lowest BCUT2D eigenvalue weighted by molar-refractivity contribution is 0.281. The summed E-state index contributed by atoms with van der Waals surface area (Å²) in [4.78, 5) is 0. The van der Waals surface area contributed by atoms with Crippen LogP contribution in [0.4, 0.5) is 0 Å². The molecule has 4 N–H and O–H groups in total. The van der Waals surface area contributed by atoms with Crippen molar-refractivity contribution in [3.63, 3.8) is 0 Å². The van der Waals surface area contributed by atoms with Gasteiger partial charge in [-0.05, 0) is 13.3 Å². The third-order valence-corrected chi connectivity index (χ3v) is 3.34. The Morgan fingerprint density at radius 3 is 2.25 bits per heavy atom. The number of aliphatic hydroxyl groups is 2. The van der Waals surface area contributed by atoms with Gasteiger partial charge in [0.1, 0.15) is 0 Å². The van der Waals surface area contributed by atoms with Gasteiger partial charge in [-0.3, -0.25) is 0 Å². The molecule has 0 amide bonds. The zero-order valence-electron chi connectivity index (χ0n) is 7.73. The standard InChI is InChI=1S/C8H19NO2S/c1-6(3-4-10)12-8(5-11)7(2)9/h6-8,10-11H,3-5,9H2,1-2H3. The van der Waals surface area contributed by atoms with E-state index in [1.165, 1.54) is 0 Å². The van der Waals surface area contributed by atoms with Crippen LogP contribution in [0.5, 0.6) is 0 Å². The third-order valence-electron chi connectivity index (χ3n) is 1.71. The maximum absolute atomic E-state index is 8.95. The fourth-order valence-electron chi connectivity index (χ4n) is 0.881. The fraction of sp³-hybridized carbons (Fsp3) is 1.00. The highest BCUT2D eigenvalue weighted by atomic mass is 32.2. The molecule has 0 aliphatic heterocycles. The van der Waals surface area contributed by atoms with Gasteiger partial charge in [0.05, 0.1) is 6.61 Å². The van der Waals surface area contributed by atoms with Crippen LogP contribution in [0.1, 0.15) is 20.3 Å². The van der Waals surface area contributed by atoms with Gasteiger partial charge in [-0.15, -0.1) is 0 Å². The van der Waals surface area contributed by atoms with Gasteiger partial charge in [-0.1, -0.05) is 6.92 Å². The van der Waals surface area contributed by atoms with Gasteiger partial charge in [-0.25, -0.2) is 0 Å². The van der Waals surface area contributed by atoms with Crippen molar-refractivity contribution in [3.8, 4) is 0 Å². The molecule has 0 saturated heterocycles. The van der Waals surface area contributed by atoms with E-state index in [2.05, 4.69) is 0 Å². The molecule has 0 aliphatic carbocycles. The average molecular weight is 193 g/mol. The van der Waals surface area contributed by atoms with Gasteiger partial charge >= 0.3 is 0 Å². The fourth-order valence-corrected chi connectivity index (χ4v) is 2.05. The van der Waals surface area contributed by atoms with Crippen LogP contribution in [0, 0.1) is 0 Å². The summed E-state index contributed by atoms with van der Waals surface area (Å²) in [5.41, 5.74) is 5.65. The number of thioether (sulfide) groups is 1. The first-order valence-corrected chi connectivity index (χ1v) is 5.18. The lowest BCUT2D eigenvalue weighted by atomic mass is 10.3. The topological polar surface area (TPSA) is 66.5 Å². The normalized spacial score (nSPS) is 18.8. The van der Waals surface area contributed by atoms with Crippen LogP contribution in [0.15, 0.2) is 0 Å². The van der Waals surface area contributed by atoms with Crippen molar-refractivity contribution in [2.45, 2.75) is 36.8 Å². The Balaban J connectivity index is 3.69. The molecular weight excluding hydrogens is 174 g/mol. The van der Waals surface area contributed by atoms with E-state index in [9.17, 15) is 0 Å². The molecule has 3 nitrogen and oxygen atoms in total. The van der Waals surface area contributed by atoms with Crippen molar-refractivity contribution in [1.29, 1.82) is 0 Å². The highest BCUT2D eigenvalue weighted by molar-refractivity contribution is 8.00. The number of nitrogens with two attached hydrogens (primary N) is 1. The Kier molecular flexibility index (Phi) is 6.84. The molecule has 74 valence electrons. The van der Waals surface area contributed by atoms with Gasteiger partial charge < -0.3 is 15.9 Å². The zero-order valence-corrected chi connectivity index (χ0v) is 8.55. The molecular formula is C8H19NO2S. The quantitative estimate of drug-likeness (QED) is 0.564. The van der Waals surface area contributed by atoms with E-state index in [0.29, 0.717) is 5.25 Å². The predicted molar refractivity (Wildman–Crippen MR) is 53.3 cm³/mol. The van der Waals surface area contributed by atoms with Gasteiger partial charge in [-0.2, -0.15) is 11.8 Å². The number of hydrogen-bond acceptors (Lipinski definition) is 4. The monoisotopic (exact) mass is 193 g/mol. The molecule has 0 heterocycles. The van der Waals surface area contributed by atoms with Crippen molar-refractivity contribution in [2.24, 2.45) is 5.73 Å². The first-order valence-electron chi connectivity index (χ1n) is 4.24. The van der Waals surface area contributed by atoms with Crippen LogP contribution in [-0.4, -0.2) is 40.0 Å². The van der Waals surface area contributed by atoms with Crippen LogP contribution >= 0.6 is 11.8 Å². The van der Waals surface area contributed by atoms with E-state index in [4.69, 9.17) is 15.9 Å². The molecule has 0 fully saturated rings. The van der Waals surface area contributed by atoms with E-state index in [0.717, 1.165) is 6.42 Å². The van der Waals surface area contributed by atoms with Gasteiger partial charge in [0.15, 0.2) is 0 Å². The van der Waals surface area contributed by atoms with Gasteiger partial charge in [0.2, 0.25) is 0 Å². The summed E-state index contributed by atoms with van der Waals surface area (Å²) in [6.45, 7) is 4.23. The molecule has 0 aromatic rings. The second kappa shape index (κ2) is 6.71. The first-order chi connectivity index (χ1) is 5.61. The van der Waals surface area contributed by atoms with Crippen LogP contribution < -0.4 is 5.73 Å². The van der Waals surface area contributed by atoms with Crippen LogP contribution in [0.2, 0.25) is 0 Å². The number of hydrogen-bond donors (Lipinski definition) is 3. The molecule has 0 saturated carbocycles. The largest absolute Gasteiger partial charge is 0.396 e. The summed E-state index contributed by atoms with van der Waals surface area (Å²) in [7, 11) is 0. The average Bonchev–Trinajstić information content (AvgIpc) is 2.00. The Hall–Kier alpha value is 0.230. The summed E-state index contributed by atoms with van der Waals surface area (Å²) >= 11 is 1.64. The summed E-state index contributed by atoms with van der Waals surface area (Å²) in [6, 6.07) is 0.00106. The van der Waals surface area contributed by atoms with Crippen molar-refractivity contribution in [3.05, 3.63) is 0 Å². The van der Waals surface area contributed by atoms with Crippen LogP contribution in [0.3, 0.4) is 0 Å². The molecule has 0 aromatic heterocycles. The molecule has 3 atom stereocenters. The molecule has 0 aliphatic rings. The lowest BCUT2D eigenvalue weighted by Gasteiger charge is -2.21. The molecule has 0 aromatic carbocycles. The minimum Gasteiger partial charge on any atom is -0.396 e. The molecule has 4 heteroatoms. The number of aliphatic hydroxyl groups excluding tert-OH is 2. The molecule has 0 spiro atoms. The van der Waals surface area contributed by atoms with E-state index in [1.54, 1.807) is 11.8 Å². The summed E-state index contributed by atoms with van der Waals surface area (Å²) in [5, 5.41) is 18.1. The van der Waals surface area contributed by atoms with Crippen molar-refractivity contribution in [1.82, 2.24) is 0 Å². The minimum absolute atomic E-state index is 0.00106. The third kappa shape index (κ3) is 4.98. The Bertz CT molecular complexity index is 111. The number of rotatable bonds is 6. The summed E-state index contributed by atoms with van der Waals surface area (Å²) < 4.78 is 0. The first kappa shape index (κ1) is 12.2. The van der Waals surface area contributed by atoms with E-state index >= 15 is 0 Å². The van der Waals surface area contributed by atoms with Gasteiger partial charge in [0, 0.05) is 23.1 Å². The minimum atomic E-state index is 0.00106. The summed E-state index contributed by atoms with van der Waals surface area (Å²) in [5.74, 6) is 0. The van der Waals surface area contributed by atoms with Crippen molar-refractivity contribution in [2.75, 3.05) is 13.2 Å². The second-order valence-electron chi connectivity index (χ2n) is 3.04. The maximum Gasteiger partial charge on any atom is 0.0565 e. The molecule has 0 bridgehead atoms. The van der Waals surface area contributed by atoms with Crippen molar-refractivity contribution >= 4 is 11.8 Å². The summed E-state index contributed by atoms with van der Waals surface area (Å²) in [6.07, 6.45) is 0.758. The molecule has 12 heavy (non-hydrogen) atoms. The Morgan fingerprint density at radius 2 is 1.92 bits per heavy atom. The Labute approximate surface area is 78.3 Å². The Morgan fingerprint density at radius 1 is 1.33 bits per heavy atom. The maximum atomic E-state index is 8.95. The predicted octanol–water partition coefficient (Wildman–Crippen LogP) is 0.199. The molecule has 0 radical (unpaired) electrons. The van der Waals surface area contributed by atoms with Crippen LogP contribution in [-0.2, 0) is 0 Å². The van der Waals surface area contributed by atoms with Crippen molar-refractivity contribution < 1.29 is 10.2 Å². The molecule has 0 rings (SSSR count). The van der Waals surface area contributed by atoms with E-state index in [-0.39, 0.29) is 24.5 Å². The van der Waals surface area contributed by atoms with Gasteiger partial charge in [0.25, 0.3) is 0 Å². The highest BCUT2D eigenvalue weighted by Crippen LogP contribution is 2.21. The smallest absolute Gasteiger partial charge is 0.0565 e. The zero-order chi connectivity index (χ0) is 9.56. The SMILES string of the molecule is CC(CCO)SC(CO)C(C)N. The lowest BCUT2D eigenvalue weighted by Crippen LogP contribution is -2.33. The van der Waals surface area contributed by atoms with Crippen LogP contribution in [0.25, 0.3) is 0 Å².